The topological polar surface area (TPSA) is 138 Å². The van der Waals surface area contributed by atoms with Crippen molar-refractivity contribution in [3.8, 4) is 0 Å². The first kappa shape index (κ1) is 24.3. The van der Waals surface area contributed by atoms with Crippen LogP contribution in [0.1, 0.15) is 27.6 Å². The molecule has 1 aromatic heterocycles. The predicted octanol–water partition coefficient (Wildman–Crippen LogP) is 3.16. The molecule has 11 nitrogen and oxygen atoms in total. The minimum atomic E-state index is -0.544. The van der Waals surface area contributed by atoms with Gasteiger partial charge in [-0.1, -0.05) is 6.07 Å². The lowest BCUT2D eigenvalue weighted by atomic mass is 10.1. The molecule has 1 aliphatic rings. The van der Waals surface area contributed by atoms with Crippen LogP contribution in [0, 0.1) is 10.1 Å². The smallest absolute Gasteiger partial charge is 0.293 e. The first-order valence-electron chi connectivity index (χ1n) is 11.2. The quantitative estimate of drug-likeness (QED) is 0.401. The number of hydrogen-bond donors (Lipinski definition) is 2. The molecule has 11 heteroatoms. The van der Waals surface area contributed by atoms with Gasteiger partial charge in [-0.25, -0.2) is 0 Å². The van der Waals surface area contributed by atoms with Gasteiger partial charge in [0, 0.05) is 74.1 Å². The maximum Gasteiger partial charge on any atom is 0.293 e. The number of nitro benzene ring substituents is 1. The number of pyridine rings is 1. The number of amides is 3. The van der Waals surface area contributed by atoms with Gasteiger partial charge < -0.3 is 20.4 Å². The number of aromatic nitrogens is 1. The van der Waals surface area contributed by atoms with E-state index in [0.717, 1.165) is 0 Å². The van der Waals surface area contributed by atoms with Crippen molar-refractivity contribution in [2.24, 2.45) is 0 Å². The van der Waals surface area contributed by atoms with Crippen molar-refractivity contribution in [2.75, 3.05) is 41.7 Å². The average molecular weight is 489 g/mol. The Morgan fingerprint density at radius 1 is 0.861 bits per heavy atom. The maximum atomic E-state index is 12.9. The van der Waals surface area contributed by atoms with E-state index in [4.69, 9.17) is 0 Å². The molecule has 1 fully saturated rings. The summed E-state index contributed by atoms with van der Waals surface area (Å²) >= 11 is 0. The molecule has 1 aliphatic heterocycles. The molecule has 36 heavy (non-hydrogen) atoms. The highest BCUT2D eigenvalue weighted by atomic mass is 16.6. The lowest BCUT2D eigenvalue weighted by Gasteiger charge is -2.35. The van der Waals surface area contributed by atoms with E-state index in [1.807, 2.05) is 4.90 Å². The minimum Gasteiger partial charge on any atom is -0.362 e. The molecule has 4 rings (SSSR count). The first-order valence-corrected chi connectivity index (χ1v) is 11.2. The Hall–Kier alpha value is -4.80. The summed E-state index contributed by atoms with van der Waals surface area (Å²) in [5, 5.41) is 17.2. The lowest BCUT2D eigenvalue weighted by Crippen LogP contribution is -2.48. The molecule has 1 saturated heterocycles. The molecule has 0 aliphatic carbocycles. The number of rotatable bonds is 6. The molecule has 0 spiro atoms. The van der Waals surface area contributed by atoms with Gasteiger partial charge in [-0.05, 0) is 42.5 Å². The third-order valence-electron chi connectivity index (χ3n) is 5.82. The zero-order valence-corrected chi connectivity index (χ0v) is 19.5. The Labute approximate surface area is 206 Å². The molecule has 3 amide bonds. The van der Waals surface area contributed by atoms with Crippen LogP contribution in [0.4, 0.5) is 22.7 Å². The summed E-state index contributed by atoms with van der Waals surface area (Å²) in [6.45, 7) is 3.36. The van der Waals surface area contributed by atoms with Gasteiger partial charge in [-0.3, -0.25) is 29.5 Å². The van der Waals surface area contributed by atoms with Crippen molar-refractivity contribution in [3.63, 3.8) is 0 Å². The summed E-state index contributed by atoms with van der Waals surface area (Å²) in [5.41, 5.74) is 1.60. The molecule has 3 aromatic rings. The minimum absolute atomic E-state index is 0.0323. The number of hydrogen-bond acceptors (Lipinski definition) is 7. The number of nitrogens with zero attached hydrogens (tertiary/aromatic N) is 4. The monoisotopic (exact) mass is 488 g/mol. The average Bonchev–Trinajstić information content (AvgIpc) is 2.89. The summed E-state index contributed by atoms with van der Waals surface area (Å²) in [6.07, 6.45) is 3.12. The van der Waals surface area contributed by atoms with Gasteiger partial charge in [0.25, 0.3) is 17.5 Å². The molecular weight excluding hydrogens is 464 g/mol. The molecule has 2 aromatic carbocycles. The van der Waals surface area contributed by atoms with Gasteiger partial charge in [0.05, 0.1) is 4.92 Å². The Bertz CT molecular complexity index is 1310. The summed E-state index contributed by atoms with van der Waals surface area (Å²) < 4.78 is 0. The van der Waals surface area contributed by atoms with E-state index in [9.17, 15) is 24.5 Å². The molecule has 2 heterocycles. The van der Waals surface area contributed by atoms with E-state index >= 15 is 0 Å². The van der Waals surface area contributed by atoms with E-state index in [-0.39, 0.29) is 23.1 Å². The van der Waals surface area contributed by atoms with Gasteiger partial charge in [0.2, 0.25) is 5.91 Å². The Morgan fingerprint density at radius 2 is 1.50 bits per heavy atom. The van der Waals surface area contributed by atoms with Crippen molar-refractivity contribution >= 4 is 40.5 Å². The summed E-state index contributed by atoms with van der Waals surface area (Å²) in [7, 11) is 0. The summed E-state index contributed by atoms with van der Waals surface area (Å²) in [6, 6.07) is 14.0. The highest BCUT2D eigenvalue weighted by Crippen LogP contribution is 2.30. The van der Waals surface area contributed by atoms with Crippen LogP contribution in [0.5, 0.6) is 0 Å². The zero-order chi connectivity index (χ0) is 25.7. The van der Waals surface area contributed by atoms with Crippen LogP contribution in [0.15, 0.2) is 67.0 Å². The molecule has 0 unspecified atom stereocenters. The maximum absolute atomic E-state index is 12.9. The van der Waals surface area contributed by atoms with E-state index in [2.05, 4.69) is 15.6 Å². The summed E-state index contributed by atoms with van der Waals surface area (Å²) in [4.78, 5) is 55.6. The molecule has 0 saturated carbocycles. The second-order valence-corrected chi connectivity index (χ2v) is 8.18. The third kappa shape index (κ3) is 5.63. The number of benzene rings is 2. The molecular formula is C25H24N6O5. The normalized spacial score (nSPS) is 13.1. The third-order valence-corrected chi connectivity index (χ3v) is 5.82. The second-order valence-electron chi connectivity index (χ2n) is 8.18. The number of anilines is 3. The van der Waals surface area contributed by atoms with Crippen LogP contribution in [0.25, 0.3) is 0 Å². The van der Waals surface area contributed by atoms with E-state index in [1.54, 1.807) is 53.7 Å². The number of piperazine rings is 1. The largest absolute Gasteiger partial charge is 0.362 e. The fraction of sp³-hybridized carbons (Fsp3) is 0.200. The van der Waals surface area contributed by atoms with Gasteiger partial charge in [-0.2, -0.15) is 0 Å². The fourth-order valence-corrected chi connectivity index (χ4v) is 3.92. The molecule has 0 radical (unpaired) electrons. The van der Waals surface area contributed by atoms with Crippen LogP contribution < -0.4 is 15.5 Å². The van der Waals surface area contributed by atoms with Crippen LogP contribution in [0.3, 0.4) is 0 Å². The van der Waals surface area contributed by atoms with Crippen LogP contribution >= 0.6 is 0 Å². The van der Waals surface area contributed by atoms with Crippen LogP contribution in [-0.4, -0.2) is 58.7 Å². The number of carbonyl (C=O) groups is 3. The lowest BCUT2D eigenvalue weighted by molar-refractivity contribution is -0.384. The number of carbonyl (C=O) groups excluding carboxylic acids is 3. The van der Waals surface area contributed by atoms with E-state index in [0.29, 0.717) is 48.8 Å². The molecule has 0 atom stereocenters. The second kappa shape index (κ2) is 10.6. The van der Waals surface area contributed by atoms with Gasteiger partial charge in [-0.15, -0.1) is 0 Å². The van der Waals surface area contributed by atoms with Gasteiger partial charge in [0.15, 0.2) is 0 Å². The fourth-order valence-electron chi connectivity index (χ4n) is 3.92. The molecule has 0 bridgehead atoms. The van der Waals surface area contributed by atoms with Crippen molar-refractivity contribution in [3.05, 3.63) is 88.2 Å². The van der Waals surface area contributed by atoms with Crippen LogP contribution in [0.2, 0.25) is 0 Å². The summed E-state index contributed by atoms with van der Waals surface area (Å²) in [5.74, 6) is -0.935. The number of nitro groups is 1. The van der Waals surface area contributed by atoms with Crippen molar-refractivity contribution in [1.82, 2.24) is 9.88 Å². The number of nitrogens with one attached hydrogen (secondary N) is 2. The Morgan fingerprint density at radius 3 is 2.14 bits per heavy atom. The van der Waals surface area contributed by atoms with E-state index in [1.165, 1.54) is 25.1 Å². The van der Waals surface area contributed by atoms with Crippen molar-refractivity contribution < 1.29 is 19.3 Å². The van der Waals surface area contributed by atoms with Gasteiger partial charge >= 0.3 is 0 Å². The standard InChI is InChI=1S/C25H24N6O5/c1-17(32)29-11-13-30(14-12-29)22-6-5-19(16-23(22)31(35)36)25(34)28-21-4-2-3-18(15-21)24(33)27-20-7-9-26-10-8-20/h2-10,15-16H,11-14H2,1H3,(H,28,34)(H,26,27,33). The highest BCUT2D eigenvalue weighted by Gasteiger charge is 2.26. The van der Waals surface area contributed by atoms with Crippen LogP contribution in [-0.2, 0) is 4.79 Å². The predicted molar refractivity (Wildman–Crippen MR) is 134 cm³/mol. The van der Waals surface area contributed by atoms with Crippen molar-refractivity contribution in [2.45, 2.75) is 6.92 Å². The van der Waals surface area contributed by atoms with Gasteiger partial charge in [0.1, 0.15) is 5.69 Å². The SMILES string of the molecule is CC(=O)N1CCN(c2ccc(C(=O)Nc3cccc(C(=O)Nc4ccncc4)c3)cc2[N+](=O)[O-])CC1. The van der Waals surface area contributed by atoms with E-state index < -0.39 is 10.8 Å². The first-order chi connectivity index (χ1) is 17.3. The van der Waals surface area contributed by atoms with Crippen molar-refractivity contribution in [1.29, 1.82) is 0 Å². The zero-order valence-electron chi connectivity index (χ0n) is 19.5. The highest BCUT2D eigenvalue weighted by molar-refractivity contribution is 6.07. The molecule has 184 valence electrons. The molecule has 2 N–H and O–H groups in total. The Balaban J connectivity index is 1.48. The Kier molecular flexibility index (Phi) is 7.19.